The standard InChI is InChI=1S/C19H23ClN2O4S/c1-5-18(13-6-9-15(26-3)10-7-13)21-19(23)16-12-14(8-11-17(16)20)22(2)27(4,24)25/h6-12,18H,5H2,1-4H3,(H,21,23)/t18-/m0/s1. The quantitative estimate of drug-likeness (QED) is 0.756. The Kier molecular flexibility index (Phi) is 6.73. The summed E-state index contributed by atoms with van der Waals surface area (Å²) in [7, 11) is -0.425. The van der Waals surface area contributed by atoms with Crippen molar-refractivity contribution >= 4 is 33.2 Å². The molecule has 0 heterocycles. The highest BCUT2D eigenvalue weighted by molar-refractivity contribution is 7.92. The maximum Gasteiger partial charge on any atom is 0.253 e. The maximum atomic E-state index is 12.8. The van der Waals surface area contributed by atoms with Gasteiger partial charge < -0.3 is 10.1 Å². The van der Waals surface area contributed by atoms with Gasteiger partial charge in [0.05, 0.1) is 35.7 Å². The summed E-state index contributed by atoms with van der Waals surface area (Å²) >= 11 is 6.18. The minimum atomic E-state index is -3.44. The van der Waals surface area contributed by atoms with E-state index >= 15 is 0 Å². The molecule has 2 rings (SSSR count). The van der Waals surface area contributed by atoms with Crippen molar-refractivity contribution in [1.29, 1.82) is 0 Å². The van der Waals surface area contributed by atoms with E-state index in [0.29, 0.717) is 12.1 Å². The van der Waals surface area contributed by atoms with E-state index in [4.69, 9.17) is 16.3 Å². The number of anilines is 1. The average molecular weight is 411 g/mol. The number of ether oxygens (including phenoxy) is 1. The van der Waals surface area contributed by atoms with E-state index in [2.05, 4.69) is 5.32 Å². The number of hydrogen-bond acceptors (Lipinski definition) is 4. The molecule has 0 aliphatic rings. The minimum absolute atomic E-state index is 0.212. The molecular weight excluding hydrogens is 388 g/mol. The van der Waals surface area contributed by atoms with Gasteiger partial charge in [-0.1, -0.05) is 30.7 Å². The van der Waals surface area contributed by atoms with Crippen molar-refractivity contribution in [3.05, 3.63) is 58.6 Å². The topological polar surface area (TPSA) is 75.7 Å². The average Bonchev–Trinajstić information content (AvgIpc) is 2.65. The lowest BCUT2D eigenvalue weighted by Gasteiger charge is -2.20. The summed E-state index contributed by atoms with van der Waals surface area (Å²) in [6, 6.07) is 11.8. The fourth-order valence-corrected chi connectivity index (χ4v) is 3.27. The van der Waals surface area contributed by atoms with Crippen LogP contribution in [0.4, 0.5) is 5.69 Å². The van der Waals surface area contributed by atoms with Crippen LogP contribution in [0.15, 0.2) is 42.5 Å². The second-order valence-corrected chi connectivity index (χ2v) is 8.52. The van der Waals surface area contributed by atoms with E-state index in [0.717, 1.165) is 21.9 Å². The van der Waals surface area contributed by atoms with Gasteiger partial charge in [-0.2, -0.15) is 0 Å². The molecule has 0 bridgehead atoms. The lowest BCUT2D eigenvalue weighted by Crippen LogP contribution is -2.29. The Hall–Kier alpha value is -2.25. The van der Waals surface area contributed by atoms with Gasteiger partial charge in [-0.25, -0.2) is 8.42 Å². The number of methoxy groups -OCH3 is 1. The number of halogens is 1. The monoisotopic (exact) mass is 410 g/mol. The molecule has 0 saturated carbocycles. The van der Waals surface area contributed by atoms with Gasteiger partial charge >= 0.3 is 0 Å². The fourth-order valence-electron chi connectivity index (χ4n) is 2.57. The third-order valence-electron chi connectivity index (χ3n) is 4.29. The predicted molar refractivity (Wildman–Crippen MR) is 108 cm³/mol. The number of nitrogens with one attached hydrogen (secondary N) is 1. The van der Waals surface area contributed by atoms with E-state index < -0.39 is 10.0 Å². The van der Waals surface area contributed by atoms with Gasteiger partial charge in [-0.05, 0) is 42.3 Å². The second kappa shape index (κ2) is 8.63. The molecular formula is C19H23ClN2O4S. The Balaban J connectivity index is 2.27. The van der Waals surface area contributed by atoms with Crippen LogP contribution in [0.5, 0.6) is 5.75 Å². The van der Waals surface area contributed by atoms with Crippen molar-refractivity contribution in [3.63, 3.8) is 0 Å². The van der Waals surface area contributed by atoms with Crippen molar-refractivity contribution in [2.75, 3.05) is 24.7 Å². The maximum absolute atomic E-state index is 12.8. The molecule has 0 unspecified atom stereocenters. The molecule has 27 heavy (non-hydrogen) atoms. The van der Waals surface area contributed by atoms with Crippen LogP contribution >= 0.6 is 11.6 Å². The molecule has 6 nitrogen and oxygen atoms in total. The normalized spacial score (nSPS) is 12.3. The van der Waals surface area contributed by atoms with Crippen molar-refractivity contribution in [3.8, 4) is 5.75 Å². The van der Waals surface area contributed by atoms with Crippen LogP contribution < -0.4 is 14.4 Å². The molecule has 0 fully saturated rings. The van der Waals surface area contributed by atoms with E-state index in [1.165, 1.54) is 19.2 Å². The lowest BCUT2D eigenvalue weighted by molar-refractivity contribution is 0.0935. The highest BCUT2D eigenvalue weighted by Crippen LogP contribution is 2.26. The predicted octanol–water partition coefficient (Wildman–Crippen LogP) is 3.63. The van der Waals surface area contributed by atoms with Crippen molar-refractivity contribution in [2.24, 2.45) is 0 Å². The first-order chi connectivity index (χ1) is 12.7. The van der Waals surface area contributed by atoms with Gasteiger partial charge in [0.15, 0.2) is 0 Å². The number of rotatable bonds is 7. The van der Waals surface area contributed by atoms with Gasteiger partial charge in [0, 0.05) is 7.05 Å². The minimum Gasteiger partial charge on any atom is -0.497 e. The molecule has 0 aromatic heterocycles. The first-order valence-electron chi connectivity index (χ1n) is 8.35. The Morgan fingerprint density at radius 1 is 1.22 bits per heavy atom. The zero-order valence-electron chi connectivity index (χ0n) is 15.7. The summed E-state index contributed by atoms with van der Waals surface area (Å²) in [6.45, 7) is 1.96. The van der Waals surface area contributed by atoms with E-state index in [-0.39, 0.29) is 22.5 Å². The third-order valence-corrected chi connectivity index (χ3v) is 5.82. The molecule has 0 radical (unpaired) electrons. The molecule has 0 saturated heterocycles. The first-order valence-corrected chi connectivity index (χ1v) is 10.6. The van der Waals surface area contributed by atoms with E-state index in [1.807, 2.05) is 31.2 Å². The van der Waals surface area contributed by atoms with E-state index in [9.17, 15) is 13.2 Å². The van der Waals surface area contributed by atoms with Crippen LogP contribution in [0.1, 0.15) is 35.3 Å². The smallest absolute Gasteiger partial charge is 0.253 e. The van der Waals surface area contributed by atoms with Gasteiger partial charge in [0.2, 0.25) is 10.0 Å². The molecule has 8 heteroatoms. The molecule has 0 aliphatic heterocycles. The molecule has 2 aromatic rings. The van der Waals surface area contributed by atoms with Crippen LogP contribution in [-0.4, -0.2) is 34.7 Å². The molecule has 1 N–H and O–H groups in total. The number of hydrogen-bond donors (Lipinski definition) is 1. The summed E-state index contributed by atoms with van der Waals surface area (Å²) in [4.78, 5) is 12.8. The number of amides is 1. The fraction of sp³-hybridized carbons (Fsp3) is 0.316. The van der Waals surface area contributed by atoms with Crippen molar-refractivity contribution in [2.45, 2.75) is 19.4 Å². The molecule has 0 spiro atoms. The van der Waals surface area contributed by atoms with Gasteiger partial charge in [0.25, 0.3) is 5.91 Å². The number of carbonyl (C=O) groups excluding carboxylic acids is 1. The van der Waals surface area contributed by atoms with Crippen molar-refractivity contribution < 1.29 is 17.9 Å². The number of sulfonamides is 1. The second-order valence-electron chi connectivity index (χ2n) is 6.10. The zero-order chi connectivity index (χ0) is 20.2. The SMILES string of the molecule is CC[C@H](NC(=O)c1cc(N(C)S(C)(=O)=O)ccc1Cl)c1ccc(OC)cc1. The van der Waals surface area contributed by atoms with Gasteiger partial charge in [0.1, 0.15) is 5.75 Å². The summed E-state index contributed by atoms with van der Waals surface area (Å²) in [5.74, 6) is 0.367. The highest BCUT2D eigenvalue weighted by Gasteiger charge is 2.19. The highest BCUT2D eigenvalue weighted by atomic mass is 35.5. The lowest BCUT2D eigenvalue weighted by atomic mass is 10.0. The summed E-state index contributed by atoms with van der Waals surface area (Å²) in [5.41, 5.74) is 1.52. The van der Waals surface area contributed by atoms with Crippen LogP contribution in [0.2, 0.25) is 5.02 Å². The molecule has 1 amide bonds. The molecule has 146 valence electrons. The third kappa shape index (κ3) is 5.14. The summed E-state index contributed by atoms with van der Waals surface area (Å²) in [5, 5.41) is 3.20. The zero-order valence-corrected chi connectivity index (χ0v) is 17.3. The number of carbonyl (C=O) groups is 1. The van der Waals surface area contributed by atoms with Crippen LogP contribution in [0, 0.1) is 0 Å². The Morgan fingerprint density at radius 3 is 2.37 bits per heavy atom. The molecule has 2 aromatic carbocycles. The molecule has 1 atom stereocenters. The number of benzene rings is 2. The number of nitrogens with zero attached hydrogens (tertiary/aromatic N) is 1. The Labute approximate surface area is 165 Å². The Bertz CT molecular complexity index is 914. The van der Waals surface area contributed by atoms with Crippen LogP contribution in [0.3, 0.4) is 0 Å². The summed E-state index contributed by atoms with van der Waals surface area (Å²) in [6.07, 6.45) is 1.77. The van der Waals surface area contributed by atoms with Crippen LogP contribution in [0.25, 0.3) is 0 Å². The van der Waals surface area contributed by atoms with E-state index in [1.54, 1.807) is 13.2 Å². The van der Waals surface area contributed by atoms with Gasteiger partial charge in [-0.15, -0.1) is 0 Å². The molecule has 0 aliphatic carbocycles. The Morgan fingerprint density at radius 2 is 1.85 bits per heavy atom. The van der Waals surface area contributed by atoms with Gasteiger partial charge in [-0.3, -0.25) is 9.10 Å². The van der Waals surface area contributed by atoms with Crippen molar-refractivity contribution in [1.82, 2.24) is 5.32 Å². The largest absolute Gasteiger partial charge is 0.497 e. The van der Waals surface area contributed by atoms with Crippen LogP contribution in [-0.2, 0) is 10.0 Å². The first kappa shape index (κ1) is 21.1. The summed E-state index contributed by atoms with van der Waals surface area (Å²) < 4.78 is 29.7.